The number of nitrogens with one attached hydrogen (secondary N) is 1. The molecule has 0 spiro atoms. The van der Waals surface area contributed by atoms with Crippen molar-refractivity contribution in [1.29, 1.82) is 0 Å². The molecule has 0 unspecified atom stereocenters. The molecule has 4 aromatic rings. The van der Waals surface area contributed by atoms with Crippen molar-refractivity contribution in [3.05, 3.63) is 59.0 Å². The molecule has 0 radical (unpaired) electrons. The maximum absolute atomic E-state index is 14.7. The number of anilines is 2. The zero-order valence-electron chi connectivity index (χ0n) is 23.8. The van der Waals surface area contributed by atoms with Crippen LogP contribution in [0.4, 0.5) is 20.5 Å². The topological polar surface area (TPSA) is 128 Å². The van der Waals surface area contributed by atoms with E-state index in [9.17, 15) is 24.1 Å². The van der Waals surface area contributed by atoms with Crippen molar-refractivity contribution in [1.82, 2.24) is 19.9 Å². The Kier molecular flexibility index (Phi) is 7.37. The lowest BCUT2D eigenvalue weighted by atomic mass is 9.88. The van der Waals surface area contributed by atoms with Gasteiger partial charge < -0.3 is 25.5 Å². The van der Waals surface area contributed by atoms with Crippen molar-refractivity contribution in [2.24, 2.45) is 5.92 Å². The van der Waals surface area contributed by atoms with Crippen molar-refractivity contribution in [2.45, 2.75) is 83.4 Å². The van der Waals surface area contributed by atoms with Crippen LogP contribution in [-0.4, -0.2) is 65.1 Å². The molecular formula is C30H34F2N6O3S. The van der Waals surface area contributed by atoms with E-state index < -0.39 is 41.4 Å². The molecule has 6 rings (SSSR count). The Labute approximate surface area is 246 Å². The molecule has 2 aliphatic rings. The van der Waals surface area contributed by atoms with Gasteiger partial charge in [-0.25, -0.2) is 18.7 Å². The number of rotatable bonds is 8. The monoisotopic (exact) mass is 596 g/mol. The SMILES string of the molecule is Cc1nc(N(Cc2c(F)cccc2F)C2CC2)nc(N[C@@H]2C[C@H](C(C)(C)O)[C@@H](O)[C@H]2O)c1-c1nc2c(C)nccc2s1. The lowest BCUT2D eigenvalue weighted by Gasteiger charge is -2.28. The van der Waals surface area contributed by atoms with Crippen LogP contribution in [0, 0.1) is 31.4 Å². The van der Waals surface area contributed by atoms with Crippen molar-refractivity contribution in [2.75, 3.05) is 10.2 Å². The van der Waals surface area contributed by atoms with Crippen molar-refractivity contribution in [3.63, 3.8) is 0 Å². The van der Waals surface area contributed by atoms with Crippen LogP contribution in [0.3, 0.4) is 0 Å². The van der Waals surface area contributed by atoms with Gasteiger partial charge in [-0.15, -0.1) is 11.3 Å². The minimum Gasteiger partial charge on any atom is -0.390 e. The summed E-state index contributed by atoms with van der Waals surface area (Å²) in [4.78, 5) is 20.7. The van der Waals surface area contributed by atoms with Crippen LogP contribution in [0.5, 0.6) is 0 Å². The summed E-state index contributed by atoms with van der Waals surface area (Å²) in [7, 11) is 0. The van der Waals surface area contributed by atoms with Gasteiger partial charge in [0.05, 0.1) is 45.9 Å². The van der Waals surface area contributed by atoms with Crippen LogP contribution >= 0.6 is 11.3 Å². The predicted octanol–water partition coefficient (Wildman–Crippen LogP) is 4.51. The number of aliphatic hydroxyl groups is 3. The Bertz CT molecular complexity index is 1620. The number of thiazole rings is 1. The molecule has 2 aliphatic carbocycles. The summed E-state index contributed by atoms with van der Waals surface area (Å²) >= 11 is 1.46. The molecule has 12 heteroatoms. The highest BCUT2D eigenvalue weighted by molar-refractivity contribution is 7.21. The quantitative estimate of drug-likeness (QED) is 0.232. The van der Waals surface area contributed by atoms with E-state index in [2.05, 4.69) is 10.3 Å². The van der Waals surface area contributed by atoms with Gasteiger partial charge in [0.2, 0.25) is 5.95 Å². The number of hydrogen-bond donors (Lipinski definition) is 4. The number of aromatic nitrogens is 4. The summed E-state index contributed by atoms with van der Waals surface area (Å²) in [5.74, 6) is -1.15. The first-order chi connectivity index (χ1) is 19.9. The maximum Gasteiger partial charge on any atom is 0.228 e. The van der Waals surface area contributed by atoms with E-state index >= 15 is 0 Å². The summed E-state index contributed by atoms with van der Waals surface area (Å²) in [5.41, 5.74) is 1.50. The highest BCUT2D eigenvalue weighted by Gasteiger charge is 2.48. The smallest absolute Gasteiger partial charge is 0.228 e. The molecule has 1 aromatic carbocycles. The summed E-state index contributed by atoms with van der Waals surface area (Å²) in [6, 6.07) is 5.10. The molecule has 4 N–H and O–H groups in total. The van der Waals surface area contributed by atoms with E-state index in [0.29, 0.717) is 34.5 Å². The second kappa shape index (κ2) is 10.7. The van der Waals surface area contributed by atoms with E-state index in [1.807, 2.05) is 24.8 Å². The average Bonchev–Trinajstić information content (AvgIpc) is 3.60. The Morgan fingerprint density at radius 2 is 1.74 bits per heavy atom. The second-order valence-corrected chi connectivity index (χ2v) is 12.9. The van der Waals surface area contributed by atoms with E-state index in [-0.39, 0.29) is 18.2 Å². The lowest BCUT2D eigenvalue weighted by molar-refractivity contribution is -0.0601. The third kappa shape index (κ3) is 5.32. The zero-order chi connectivity index (χ0) is 29.9. The molecule has 0 aliphatic heterocycles. The van der Waals surface area contributed by atoms with Gasteiger partial charge in [0, 0.05) is 23.7 Å². The molecule has 222 valence electrons. The van der Waals surface area contributed by atoms with Crippen LogP contribution in [0.25, 0.3) is 20.8 Å². The minimum absolute atomic E-state index is 0.0248. The zero-order valence-corrected chi connectivity index (χ0v) is 24.7. The van der Waals surface area contributed by atoms with Gasteiger partial charge in [-0.2, -0.15) is 4.98 Å². The number of fused-ring (bicyclic) bond motifs is 1. The first kappa shape index (κ1) is 28.8. The first-order valence-electron chi connectivity index (χ1n) is 14.1. The number of aliphatic hydroxyl groups excluding tert-OH is 2. The highest BCUT2D eigenvalue weighted by Crippen LogP contribution is 2.41. The van der Waals surface area contributed by atoms with Crippen LogP contribution < -0.4 is 10.2 Å². The maximum atomic E-state index is 14.7. The molecule has 0 amide bonds. The van der Waals surface area contributed by atoms with E-state index in [1.165, 1.54) is 29.5 Å². The fraction of sp³-hybridized carbons (Fsp3) is 0.467. The van der Waals surface area contributed by atoms with Crippen LogP contribution in [-0.2, 0) is 6.54 Å². The highest BCUT2D eigenvalue weighted by atomic mass is 32.1. The number of benzene rings is 1. The van der Waals surface area contributed by atoms with Crippen LogP contribution in [0.15, 0.2) is 30.5 Å². The molecule has 9 nitrogen and oxygen atoms in total. The Balaban J connectivity index is 1.45. The molecule has 2 saturated carbocycles. The Morgan fingerprint density at radius 3 is 2.36 bits per heavy atom. The lowest BCUT2D eigenvalue weighted by Crippen LogP contribution is -2.40. The van der Waals surface area contributed by atoms with Gasteiger partial charge in [-0.3, -0.25) is 4.98 Å². The van der Waals surface area contributed by atoms with Gasteiger partial charge >= 0.3 is 0 Å². The second-order valence-electron chi connectivity index (χ2n) is 11.9. The van der Waals surface area contributed by atoms with E-state index in [0.717, 1.165) is 28.8 Å². The molecule has 0 saturated heterocycles. The van der Waals surface area contributed by atoms with Crippen LogP contribution in [0.2, 0.25) is 0 Å². The van der Waals surface area contributed by atoms with Gasteiger partial charge in [-0.1, -0.05) is 6.07 Å². The summed E-state index contributed by atoms with van der Waals surface area (Å²) in [5, 5.41) is 36.4. The number of pyridine rings is 1. The standard InChI is InChI=1S/C30H34F2N6O3S/c1-14-23(28-36-24-15(2)33-11-10-22(24)42-28)27(35-21-12-18(30(3,4)41)25(39)26(21)40)37-29(34-14)38(16-8-9-16)13-17-19(31)6-5-7-20(17)32/h5-7,10-11,16,18,21,25-26,39-41H,8-9,12-13H2,1-4H3,(H,34,35,37)/t18-,21+,25+,26-/m0/s1. The van der Waals surface area contributed by atoms with E-state index in [1.54, 1.807) is 20.0 Å². The van der Waals surface area contributed by atoms with E-state index in [4.69, 9.17) is 15.0 Å². The third-order valence-electron chi connectivity index (χ3n) is 8.33. The summed E-state index contributed by atoms with van der Waals surface area (Å²) in [6.45, 7) is 6.90. The molecule has 4 atom stereocenters. The third-order valence-corrected chi connectivity index (χ3v) is 9.37. The van der Waals surface area contributed by atoms with Crippen molar-refractivity contribution >= 4 is 33.3 Å². The number of hydrogen-bond acceptors (Lipinski definition) is 10. The molecule has 42 heavy (non-hydrogen) atoms. The molecule has 2 fully saturated rings. The van der Waals surface area contributed by atoms with Gasteiger partial charge in [0.25, 0.3) is 0 Å². The Hall–Kier alpha value is -3.32. The summed E-state index contributed by atoms with van der Waals surface area (Å²) < 4.78 is 30.3. The molecule has 3 heterocycles. The van der Waals surface area contributed by atoms with Crippen LogP contribution in [0.1, 0.15) is 50.1 Å². The first-order valence-corrected chi connectivity index (χ1v) is 14.9. The van der Waals surface area contributed by atoms with Crippen molar-refractivity contribution < 1.29 is 24.1 Å². The van der Waals surface area contributed by atoms with Gasteiger partial charge in [0.1, 0.15) is 34.1 Å². The summed E-state index contributed by atoms with van der Waals surface area (Å²) in [6.07, 6.45) is 1.40. The molecule has 3 aromatic heterocycles. The number of halogens is 2. The largest absolute Gasteiger partial charge is 0.390 e. The fourth-order valence-electron chi connectivity index (χ4n) is 5.79. The van der Waals surface area contributed by atoms with Gasteiger partial charge in [0.15, 0.2) is 0 Å². The molecular weight excluding hydrogens is 562 g/mol. The number of aryl methyl sites for hydroxylation is 2. The Morgan fingerprint density at radius 1 is 1.02 bits per heavy atom. The average molecular weight is 597 g/mol. The normalized spacial score (nSPS) is 22.6. The fourth-order valence-corrected chi connectivity index (χ4v) is 6.90. The minimum atomic E-state index is -1.21. The number of nitrogens with zero attached hydrogens (tertiary/aromatic N) is 5. The van der Waals surface area contributed by atoms with Crippen molar-refractivity contribution in [3.8, 4) is 10.6 Å². The predicted molar refractivity (Wildman–Crippen MR) is 157 cm³/mol. The molecule has 0 bridgehead atoms. The van der Waals surface area contributed by atoms with Gasteiger partial charge in [-0.05, 0) is 65.2 Å².